The van der Waals surface area contributed by atoms with E-state index in [-0.39, 0.29) is 11.6 Å². The van der Waals surface area contributed by atoms with Crippen LogP contribution in [0.1, 0.15) is 31.9 Å². The number of hydrogen-bond donors (Lipinski definition) is 1. The number of nitrogens with one attached hydrogen (secondary N) is 1. The number of halogens is 2. The standard InChI is InChI=1S/C13H17BrClNO/c1-13(2)5-6-17-12(8-16-13)10-4-3-9(14)7-11(10)15/h3-4,7,12,16H,5-6,8H2,1-2H3. The molecule has 1 N–H and O–H groups in total. The van der Waals surface area contributed by atoms with E-state index in [1.807, 2.05) is 18.2 Å². The van der Waals surface area contributed by atoms with Crippen molar-refractivity contribution in [2.75, 3.05) is 13.2 Å². The quantitative estimate of drug-likeness (QED) is 0.847. The molecule has 4 heteroatoms. The molecule has 2 nitrogen and oxygen atoms in total. The first-order chi connectivity index (χ1) is 7.98. The zero-order chi connectivity index (χ0) is 12.5. The van der Waals surface area contributed by atoms with E-state index < -0.39 is 0 Å². The number of ether oxygens (including phenoxy) is 1. The minimum atomic E-state index is 0.0392. The fraction of sp³-hybridized carbons (Fsp3) is 0.538. The van der Waals surface area contributed by atoms with Gasteiger partial charge in [-0.2, -0.15) is 0 Å². The van der Waals surface area contributed by atoms with E-state index in [2.05, 4.69) is 35.1 Å². The minimum Gasteiger partial charge on any atom is -0.372 e. The third-order valence-corrected chi connectivity index (χ3v) is 3.94. The molecule has 0 radical (unpaired) electrons. The van der Waals surface area contributed by atoms with Crippen molar-refractivity contribution in [3.63, 3.8) is 0 Å². The molecule has 0 aromatic heterocycles. The maximum absolute atomic E-state index is 6.25. The predicted molar refractivity (Wildman–Crippen MR) is 74.5 cm³/mol. The van der Waals surface area contributed by atoms with E-state index in [9.17, 15) is 0 Å². The Morgan fingerprint density at radius 1 is 1.47 bits per heavy atom. The Morgan fingerprint density at radius 3 is 2.94 bits per heavy atom. The average Bonchev–Trinajstić information content (AvgIpc) is 2.40. The molecule has 17 heavy (non-hydrogen) atoms. The number of benzene rings is 1. The molecule has 0 aliphatic carbocycles. The fourth-order valence-electron chi connectivity index (χ4n) is 1.94. The largest absolute Gasteiger partial charge is 0.372 e. The number of rotatable bonds is 1. The van der Waals surface area contributed by atoms with Crippen molar-refractivity contribution >= 4 is 27.5 Å². The van der Waals surface area contributed by atoms with E-state index in [4.69, 9.17) is 16.3 Å². The maximum Gasteiger partial charge on any atom is 0.0963 e. The van der Waals surface area contributed by atoms with Gasteiger partial charge < -0.3 is 10.1 Å². The van der Waals surface area contributed by atoms with Crippen LogP contribution >= 0.6 is 27.5 Å². The van der Waals surface area contributed by atoms with Gasteiger partial charge in [-0.25, -0.2) is 0 Å². The van der Waals surface area contributed by atoms with Crippen molar-refractivity contribution in [3.05, 3.63) is 33.3 Å². The summed E-state index contributed by atoms with van der Waals surface area (Å²) in [5.41, 5.74) is 1.19. The first-order valence-corrected chi connectivity index (χ1v) is 6.97. The van der Waals surface area contributed by atoms with Crippen LogP contribution in [0, 0.1) is 0 Å². The Bertz CT molecular complexity index is 408. The van der Waals surface area contributed by atoms with Crippen molar-refractivity contribution in [2.45, 2.75) is 31.9 Å². The van der Waals surface area contributed by atoms with E-state index in [1.165, 1.54) is 0 Å². The Morgan fingerprint density at radius 2 is 2.24 bits per heavy atom. The topological polar surface area (TPSA) is 21.3 Å². The molecule has 1 fully saturated rings. The van der Waals surface area contributed by atoms with Crippen LogP contribution in [0.15, 0.2) is 22.7 Å². The summed E-state index contributed by atoms with van der Waals surface area (Å²) >= 11 is 9.66. The van der Waals surface area contributed by atoms with Gasteiger partial charge >= 0.3 is 0 Å². The predicted octanol–water partition coefficient (Wildman–Crippen LogP) is 3.93. The molecule has 1 unspecified atom stereocenters. The van der Waals surface area contributed by atoms with E-state index in [1.54, 1.807) is 0 Å². The van der Waals surface area contributed by atoms with Crippen LogP contribution in [-0.4, -0.2) is 18.7 Å². The molecule has 0 bridgehead atoms. The van der Waals surface area contributed by atoms with Crippen molar-refractivity contribution in [1.29, 1.82) is 0 Å². The lowest BCUT2D eigenvalue weighted by Crippen LogP contribution is -2.39. The van der Waals surface area contributed by atoms with Gasteiger partial charge in [0.2, 0.25) is 0 Å². The van der Waals surface area contributed by atoms with Crippen LogP contribution in [0.4, 0.5) is 0 Å². The average molecular weight is 319 g/mol. The molecule has 2 rings (SSSR count). The molecule has 0 amide bonds. The molecule has 1 aliphatic heterocycles. The molecule has 1 atom stereocenters. The SMILES string of the molecule is CC1(C)CCOC(c2ccc(Br)cc2Cl)CN1. The van der Waals surface area contributed by atoms with Crippen molar-refractivity contribution < 1.29 is 4.74 Å². The van der Waals surface area contributed by atoms with E-state index >= 15 is 0 Å². The normalized spacial score (nSPS) is 24.4. The summed E-state index contributed by atoms with van der Waals surface area (Å²) in [7, 11) is 0. The fourth-order valence-corrected chi connectivity index (χ4v) is 2.73. The van der Waals surface area contributed by atoms with Crippen LogP contribution in [-0.2, 0) is 4.74 Å². The highest BCUT2D eigenvalue weighted by Crippen LogP contribution is 2.30. The van der Waals surface area contributed by atoms with Crippen LogP contribution in [0.2, 0.25) is 5.02 Å². The summed E-state index contributed by atoms with van der Waals surface area (Å²) in [6, 6.07) is 5.94. The van der Waals surface area contributed by atoms with Gasteiger partial charge in [-0.1, -0.05) is 33.6 Å². The Labute approximate surface area is 116 Å². The maximum atomic E-state index is 6.25. The highest BCUT2D eigenvalue weighted by atomic mass is 79.9. The van der Waals surface area contributed by atoms with Gasteiger partial charge in [0.15, 0.2) is 0 Å². The molecule has 1 aromatic rings. The highest BCUT2D eigenvalue weighted by molar-refractivity contribution is 9.10. The van der Waals surface area contributed by atoms with Gasteiger partial charge in [-0.05, 0) is 32.4 Å². The third kappa shape index (κ3) is 3.44. The minimum absolute atomic E-state index is 0.0392. The summed E-state index contributed by atoms with van der Waals surface area (Å²) in [6.07, 6.45) is 1.05. The lowest BCUT2D eigenvalue weighted by molar-refractivity contribution is 0.0657. The van der Waals surface area contributed by atoms with Crippen LogP contribution < -0.4 is 5.32 Å². The zero-order valence-corrected chi connectivity index (χ0v) is 12.4. The highest BCUT2D eigenvalue weighted by Gasteiger charge is 2.25. The summed E-state index contributed by atoms with van der Waals surface area (Å²) in [5, 5.41) is 4.27. The second-order valence-corrected chi connectivity index (χ2v) is 6.36. The Hall–Kier alpha value is -0.0900. The second-order valence-electron chi connectivity index (χ2n) is 5.04. The molecule has 0 spiro atoms. The molecule has 1 aliphatic rings. The third-order valence-electron chi connectivity index (χ3n) is 3.12. The Kier molecular flexibility index (Phi) is 4.14. The second kappa shape index (κ2) is 5.27. The van der Waals surface area contributed by atoms with Gasteiger partial charge in [0, 0.05) is 33.7 Å². The lowest BCUT2D eigenvalue weighted by atomic mass is 10.0. The van der Waals surface area contributed by atoms with Gasteiger partial charge in [-0.3, -0.25) is 0 Å². The van der Waals surface area contributed by atoms with Gasteiger partial charge in [0.25, 0.3) is 0 Å². The van der Waals surface area contributed by atoms with E-state index in [0.717, 1.165) is 34.6 Å². The summed E-state index contributed by atoms with van der Waals surface area (Å²) in [6.45, 7) is 5.95. The Balaban J connectivity index is 2.17. The summed E-state index contributed by atoms with van der Waals surface area (Å²) in [5.74, 6) is 0. The van der Waals surface area contributed by atoms with Crippen molar-refractivity contribution in [2.24, 2.45) is 0 Å². The summed E-state index contributed by atoms with van der Waals surface area (Å²) in [4.78, 5) is 0. The summed E-state index contributed by atoms with van der Waals surface area (Å²) < 4.78 is 6.88. The van der Waals surface area contributed by atoms with E-state index in [0.29, 0.717) is 0 Å². The molecule has 1 aromatic carbocycles. The van der Waals surface area contributed by atoms with Gasteiger partial charge in [0.1, 0.15) is 0 Å². The molecule has 0 saturated carbocycles. The van der Waals surface area contributed by atoms with Crippen LogP contribution in [0.25, 0.3) is 0 Å². The molecule has 94 valence electrons. The molecular formula is C13H17BrClNO. The monoisotopic (exact) mass is 317 g/mol. The first kappa shape index (κ1) is 13.3. The molecular weight excluding hydrogens is 302 g/mol. The zero-order valence-electron chi connectivity index (χ0n) is 10.1. The van der Waals surface area contributed by atoms with Crippen LogP contribution in [0.5, 0.6) is 0 Å². The van der Waals surface area contributed by atoms with Gasteiger partial charge in [-0.15, -0.1) is 0 Å². The molecule has 1 heterocycles. The first-order valence-electron chi connectivity index (χ1n) is 5.79. The number of hydrogen-bond acceptors (Lipinski definition) is 2. The molecule has 1 saturated heterocycles. The van der Waals surface area contributed by atoms with Crippen molar-refractivity contribution in [1.82, 2.24) is 5.32 Å². The lowest BCUT2D eigenvalue weighted by Gasteiger charge is -2.23. The van der Waals surface area contributed by atoms with Crippen molar-refractivity contribution in [3.8, 4) is 0 Å². The van der Waals surface area contributed by atoms with Gasteiger partial charge in [0.05, 0.1) is 6.10 Å². The smallest absolute Gasteiger partial charge is 0.0963 e. The van der Waals surface area contributed by atoms with Crippen LogP contribution in [0.3, 0.4) is 0 Å².